The Morgan fingerprint density at radius 2 is 1.45 bits per heavy atom. The Bertz CT molecular complexity index is 626. The fraction of sp³-hybridized carbons (Fsp3) is 0. The molecule has 0 saturated carbocycles. The summed E-state index contributed by atoms with van der Waals surface area (Å²) in [6.07, 6.45) is 0. The summed E-state index contributed by atoms with van der Waals surface area (Å²) < 4.78 is 0. The van der Waals surface area contributed by atoms with Crippen LogP contribution in [-0.4, -0.2) is 10.0 Å². The SMILES string of the molecule is Nc1ccc(NC(=S)Nc2ccc([N+](=O)[O-])cc2)cc1. The van der Waals surface area contributed by atoms with Crippen LogP contribution in [0, 0.1) is 10.1 Å². The number of nitrogens with one attached hydrogen (secondary N) is 2. The van der Waals surface area contributed by atoms with Gasteiger partial charge >= 0.3 is 0 Å². The zero-order valence-electron chi connectivity index (χ0n) is 10.4. The molecule has 0 amide bonds. The number of nitrogens with zero attached hydrogens (tertiary/aromatic N) is 1. The van der Waals surface area contributed by atoms with Crippen LogP contribution in [0.3, 0.4) is 0 Å². The fourth-order valence-corrected chi connectivity index (χ4v) is 1.76. The molecule has 6 nitrogen and oxygen atoms in total. The van der Waals surface area contributed by atoms with Crippen LogP contribution in [0.2, 0.25) is 0 Å². The lowest BCUT2D eigenvalue weighted by Crippen LogP contribution is -2.18. The van der Waals surface area contributed by atoms with Crippen LogP contribution >= 0.6 is 12.2 Å². The van der Waals surface area contributed by atoms with Gasteiger partial charge in [0.2, 0.25) is 0 Å². The van der Waals surface area contributed by atoms with Gasteiger partial charge in [-0.25, -0.2) is 0 Å². The number of non-ortho nitro benzene ring substituents is 1. The van der Waals surface area contributed by atoms with Gasteiger partial charge in [0.1, 0.15) is 0 Å². The van der Waals surface area contributed by atoms with Crippen molar-refractivity contribution in [2.75, 3.05) is 16.4 Å². The Labute approximate surface area is 120 Å². The van der Waals surface area contributed by atoms with Crippen molar-refractivity contribution in [2.45, 2.75) is 0 Å². The van der Waals surface area contributed by atoms with E-state index in [0.29, 0.717) is 16.5 Å². The highest BCUT2D eigenvalue weighted by Crippen LogP contribution is 2.16. The number of hydrogen-bond donors (Lipinski definition) is 3. The minimum Gasteiger partial charge on any atom is -0.399 e. The van der Waals surface area contributed by atoms with E-state index in [0.717, 1.165) is 5.69 Å². The van der Waals surface area contributed by atoms with Gasteiger partial charge in [-0.3, -0.25) is 10.1 Å². The highest BCUT2D eigenvalue weighted by atomic mass is 32.1. The molecule has 0 fully saturated rings. The van der Waals surface area contributed by atoms with E-state index in [2.05, 4.69) is 10.6 Å². The molecule has 2 aromatic carbocycles. The number of benzene rings is 2. The number of nitro benzene ring substituents is 1. The molecule has 0 radical (unpaired) electrons. The van der Waals surface area contributed by atoms with Crippen LogP contribution in [0.25, 0.3) is 0 Å². The Hall–Kier alpha value is -2.67. The normalized spacial score (nSPS) is 9.80. The zero-order valence-corrected chi connectivity index (χ0v) is 11.2. The summed E-state index contributed by atoms with van der Waals surface area (Å²) in [6, 6.07) is 13.1. The molecule has 102 valence electrons. The van der Waals surface area contributed by atoms with Crippen LogP contribution in [0.4, 0.5) is 22.7 Å². The molecular weight excluding hydrogens is 276 g/mol. The lowest BCUT2D eigenvalue weighted by Gasteiger charge is -2.10. The van der Waals surface area contributed by atoms with E-state index in [9.17, 15) is 10.1 Å². The van der Waals surface area contributed by atoms with Gasteiger partial charge in [-0.05, 0) is 48.6 Å². The highest BCUT2D eigenvalue weighted by Gasteiger charge is 2.04. The molecule has 0 spiro atoms. The van der Waals surface area contributed by atoms with E-state index < -0.39 is 4.92 Å². The summed E-state index contributed by atoms with van der Waals surface area (Å²) in [4.78, 5) is 10.1. The highest BCUT2D eigenvalue weighted by molar-refractivity contribution is 7.80. The lowest BCUT2D eigenvalue weighted by molar-refractivity contribution is -0.384. The quantitative estimate of drug-likeness (QED) is 0.348. The molecule has 20 heavy (non-hydrogen) atoms. The summed E-state index contributed by atoms with van der Waals surface area (Å²) in [6.45, 7) is 0. The van der Waals surface area contributed by atoms with Crippen molar-refractivity contribution >= 4 is 40.1 Å². The molecule has 0 unspecified atom stereocenters. The van der Waals surface area contributed by atoms with Gasteiger partial charge in [0, 0.05) is 29.2 Å². The van der Waals surface area contributed by atoms with Crippen molar-refractivity contribution in [1.82, 2.24) is 0 Å². The summed E-state index contributed by atoms with van der Waals surface area (Å²) >= 11 is 5.15. The van der Waals surface area contributed by atoms with Crippen molar-refractivity contribution in [1.29, 1.82) is 0 Å². The molecule has 0 saturated heterocycles. The molecule has 2 aromatic rings. The first-order valence-electron chi connectivity index (χ1n) is 5.72. The number of hydrogen-bond acceptors (Lipinski definition) is 4. The summed E-state index contributed by atoms with van der Waals surface area (Å²) in [5.41, 5.74) is 7.77. The van der Waals surface area contributed by atoms with Crippen LogP contribution in [-0.2, 0) is 0 Å². The number of anilines is 3. The third kappa shape index (κ3) is 3.66. The third-order valence-electron chi connectivity index (χ3n) is 2.50. The molecular formula is C13H12N4O2S. The summed E-state index contributed by atoms with van der Waals surface area (Å²) in [5.74, 6) is 0. The molecule has 7 heteroatoms. The van der Waals surface area contributed by atoms with Crippen molar-refractivity contribution in [2.24, 2.45) is 0 Å². The van der Waals surface area contributed by atoms with Gasteiger partial charge in [0.25, 0.3) is 5.69 Å². The van der Waals surface area contributed by atoms with E-state index >= 15 is 0 Å². The van der Waals surface area contributed by atoms with Gasteiger partial charge in [0.05, 0.1) is 4.92 Å². The minimum atomic E-state index is -0.450. The first-order chi connectivity index (χ1) is 9.54. The molecule has 2 rings (SSSR count). The van der Waals surface area contributed by atoms with Crippen LogP contribution in [0.5, 0.6) is 0 Å². The zero-order chi connectivity index (χ0) is 14.5. The van der Waals surface area contributed by atoms with Crippen LogP contribution < -0.4 is 16.4 Å². The molecule has 0 atom stereocenters. The number of nitro groups is 1. The van der Waals surface area contributed by atoms with Gasteiger partial charge < -0.3 is 16.4 Å². The average Bonchev–Trinajstić information content (AvgIpc) is 2.42. The van der Waals surface area contributed by atoms with E-state index in [-0.39, 0.29) is 5.69 Å². The van der Waals surface area contributed by atoms with Crippen LogP contribution in [0.15, 0.2) is 48.5 Å². The van der Waals surface area contributed by atoms with Gasteiger partial charge in [0.15, 0.2) is 5.11 Å². The first kappa shape index (κ1) is 13.8. The van der Waals surface area contributed by atoms with Crippen molar-refractivity contribution in [3.63, 3.8) is 0 Å². The van der Waals surface area contributed by atoms with Crippen molar-refractivity contribution < 1.29 is 4.92 Å². The average molecular weight is 288 g/mol. The monoisotopic (exact) mass is 288 g/mol. The van der Waals surface area contributed by atoms with Crippen molar-refractivity contribution in [3.8, 4) is 0 Å². The molecule has 0 aliphatic heterocycles. The van der Waals surface area contributed by atoms with E-state index in [1.165, 1.54) is 12.1 Å². The molecule has 0 heterocycles. The topological polar surface area (TPSA) is 93.2 Å². The molecule has 0 aliphatic rings. The second-order valence-electron chi connectivity index (χ2n) is 4.01. The predicted octanol–water partition coefficient (Wildman–Crippen LogP) is 2.99. The largest absolute Gasteiger partial charge is 0.399 e. The first-order valence-corrected chi connectivity index (χ1v) is 6.13. The fourth-order valence-electron chi connectivity index (χ4n) is 1.53. The molecule has 4 N–H and O–H groups in total. The Morgan fingerprint density at radius 3 is 1.90 bits per heavy atom. The van der Waals surface area contributed by atoms with Gasteiger partial charge in [-0.2, -0.15) is 0 Å². The number of nitrogen functional groups attached to an aromatic ring is 1. The van der Waals surface area contributed by atoms with Gasteiger partial charge in [-0.15, -0.1) is 0 Å². The maximum Gasteiger partial charge on any atom is 0.269 e. The molecule has 0 aromatic heterocycles. The second-order valence-corrected chi connectivity index (χ2v) is 4.41. The van der Waals surface area contributed by atoms with Crippen LogP contribution in [0.1, 0.15) is 0 Å². The number of thiocarbonyl (C=S) groups is 1. The molecule has 0 bridgehead atoms. The minimum absolute atomic E-state index is 0.0352. The van der Waals surface area contributed by atoms with E-state index in [1.54, 1.807) is 36.4 Å². The lowest BCUT2D eigenvalue weighted by atomic mass is 10.3. The van der Waals surface area contributed by atoms with Crippen molar-refractivity contribution in [3.05, 3.63) is 58.6 Å². The van der Waals surface area contributed by atoms with Gasteiger partial charge in [-0.1, -0.05) is 0 Å². The Kier molecular flexibility index (Phi) is 4.11. The van der Waals surface area contributed by atoms with E-state index in [4.69, 9.17) is 18.0 Å². The number of nitrogens with two attached hydrogens (primary N) is 1. The number of rotatable bonds is 3. The Balaban J connectivity index is 1.97. The standard InChI is InChI=1S/C13H12N4O2S/c14-9-1-3-10(4-2-9)15-13(20)16-11-5-7-12(8-6-11)17(18)19/h1-8H,14H2,(H2,15,16,20). The Morgan fingerprint density at radius 1 is 1.00 bits per heavy atom. The predicted molar refractivity (Wildman–Crippen MR) is 83.8 cm³/mol. The maximum atomic E-state index is 10.5. The summed E-state index contributed by atoms with van der Waals surface area (Å²) in [5, 5.41) is 16.9. The maximum absolute atomic E-state index is 10.5. The smallest absolute Gasteiger partial charge is 0.269 e. The summed E-state index contributed by atoms with van der Waals surface area (Å²) in [7, 11) is 0. The van der Waals surface area contributed by atoms with E-state index in [1.807, 2.05) is 0 Å². The third-order valence-corrected chi connectivity index (χ3v) is 2.71. The second kappa shape index (κ2) is 5.98. The molecule has 0 aliphatic carbocycles.